The third kappa shape index (κ3) is 13.9. The van der Waals surface area contributed by atoms with E-state index < -0.39 is 29.7 Å². The number of esters is 1. The molecule has 0 aliphatic heterocycles. The number of ether oxygens (including phenoxy) is 2. The lowest BCUT2D eigenvalue weighted by Crippen LogP contribution is -2.57. The van der Waals surface area contributed by atoms with Gasteiger partial charge in [0, 0.05) is 5.57 Å². The van der Waals surface area contributed by atoms with Gasteiger partial charge in [0.15, 0.2) is 5.60 Å². The van der Waals surface area contributed by atoms with Gasteiger partial charge < -0.3 is 20.3 Å². The van der Waals surface area contributed by atoms with E-state index in [0.717, 1.165) is 32.1 Å². The summed E-state index contributed by atoms with van der Waals surface area (Å²) < 4.78 is 11.5. The number of carbonyl (C=O) groups excluding carboxylic acids is 2. The molecule has 0 heterocycles. The molecule has 0 aliphatic carbocycles. The van der Waals surface area contributed by atoms with Crippen LogP contribution in [0.15, 0.2) is 24.3 Å². The van der Waals surface area contributed by atoms with E-state index in [1.165, 1.54) is 38.5 Å². The van der Waals surface area contributed by atoms with Crippen LogP contribution in [0.1, 0.15) is 118 Å². The van der Waals surface area contributed by atoms with Crippen molar-refractivity contribution in [2.24, 2.45) is 5.73 Å². The Morgan fingerprint density at radius 1 is 0.971 bits per heavy atom. The summed E-state index contributed by atoms with van der Waals surface area (Å²) in [4.78, 5) is 24.9. The predicted molar refractivity (Wildman–Crippen MR) is 139 cm³/mol. The molecule has 0 rings (SSSR count). The van der Waals surface area contributed by atoms with Crippen LogP contribution in [-0.4, -0.2) is 41.4 Å². The van der Waals surface area contributed by atoms with Crippen molar-refractivity contribution in [3.05, 3.63) is 24.3 Å². The average molecular weight is 482 g/mol. The molecule has 1 amide bonds. The molecule has 0 aromatic rings. The molecule has 0 saturated heterocycles. The van der Waals surface area contributed by atoms with Crippen molar-refractivity contribution in [2.75, 3.05) is 6.61 Å². The van der Waals surface area contributed by atoms with Crippen LogP contribution in [0.3, 0.4) is 0 Å². The molecule has 0 spiro atoms. The number of aliphatic hydroxyl groups is 1. The molecule has 0 fully saturated rings. The maximum absolute atomic E-state index is 12.5. The molecule has 3 N–H and O–H groups in total. The van der Waals surface area contributed by atoms with E-state index in [4.69, 9.17) is 15.2 Å². The van der Waals surface area contributed by atoms with Gasteiger partial charge in [-0.15, -0.1) is 0 Å². The molecule has 3 atom stereocenters. The first-order valence-corrected chi connectivity index (χ1v) is 13.3. The first-order chi connectivity index (χ1) is 16.2. The van der Waals surface area contributed by atoms with Crippen molar-refractivity contribution in [3.8, 4) is 0 Å². The molecule has 0 saturated carbocycles. The Balaban J connectivity index is 4.78. The fourth-order valence-electron chi connectivity index (χ4n) is 3.98. The van der Waals surface area contributed by atoms with Gasteiger partial charge in [0.1, 0.15) is 6.10 Å². The summed E-state index contributed by atoms with van der Waals surface area (Å²) in [5, 5.41) is 9.71. The third-order valence-electron chi connectivity index (χ3n) is 5.97. The minimum atomic E-state index is -1.46. The Morgan fingerprint density at radius 2 is 1.53 bits per heavy atom. The van der Waals surface area contributed by atoms with E-state index >= 15 is 0 Å². The lowest BCUT2D eigenvalue weighted by molar-refractivity contribution is -0.185. The normalized spacial score (nSPS) is 15.1. The number of allylic oxidation sites excluding steroid dienone is 2. The van der Waals surface area contributed by atoms with Crippen molar-refractivity contribution in [1.82, 2.24) is 0 Å². The van der Waals surface area contributed by atoms with Crippen LogP contribution in [0.4, 0.5) is 0 Å². The fraction of sp³-hybridized carbons (Fsp3) is 0.786. The molecular formula is C28H51NO5. The maximum Gasteiger partial charge on any atom is 0.333 e. The van der Waals surface area contributed by atoms with Gasteiger partial charge in [0.05, 0.1) is 12.7 Å². The molecule has 198 valence electrons. The second-order valence-corrected chi connectivity index (χ2v) is 9.50. The van der Waals surface area contributed by atoms with Gasteiger partial charge in [0.2, 0.25) is 0 Å². The van der Waals surface area contributed by atoms with Crippen LogP contribution in [0.2, 0.25) is 0 Å². The molecule has 0 aliphatic rings. The summed E-state index contributed by atoms with van der Waals surface area (Å²) in [6.45, 7) is 10.9. The number of unbranched alkanes of at least 4 members (excludes halogenated alkanes) is 9. The maximum atomic E-state index is 12.5. The van der Waals surface area contributed by atoms with Gasteiger partial charge in [0.25, 0.3) is 5.91 Å². The van der Waals surface area contributed by atoms with Crippen LogP contribution in [0.25, 0.3) is 0 Å². The molecule has 3 unspecified atom stereocenters. The Hall–Kier alpha value is -1.66. The second-order valence-electron chi connectivity index (χ2n) is 9.50. The highest BCUT2D eigenvalue weighted by atomic mass is 16.6. The third-order valence-corrected chi connectivity index (χ3v) is 5.97. The van der Waals surface area contributed by atoms with Crippen molar-refractivity contribution >= 4 is 11.9 Å². The highest BCUT2D eigenvalue weighted by Crippen LogP contribution is 2.30. The van der Waals surface area contributed by atoms with Gasteiger partial charge in [-0.2, -0.15) is 0 Å². The zero-order chi connectivity index (χ0) is 25.8. The van der Waals surface area contributed by atoms with Gasteiger partial charge in [-0.1, -0.05) is 77.5 Å². The standard InChI is InChI=1S/C28H51NO5/c1-6-8-9-10-11-12-13-14-15-16-17-18-19-20-25(34-26(31)23(3)4)28(21-7-2,27(29)32)33-22-24(5)30/h14-15,24-25,30H,3,6-13,16-22H2,1-2,4-5H3,(H2,29,32)/b15-14-. The van der Waals surface area contributed by atoms with Gasteiger partial charge in [-0.05, 0) is 58.8 Å². The SMILES string of the molecule is C=C(C)C(=O)OC(CCCCC/C=C\CCCCCCCC)C(CCC)(OCC(C)O)C(N)=O. The van der Waals surface area contributed by atoms with Crippen molar-refractivity contribution < 1.29 is 24.2 Å². The van der Waals surface area contributed by atoms with Gasteiger partial charge in [-0.3, -0.25) is 4.79 Å². The lowest BCUT2D eigenvalue weighted by Gasteiger charge is -2.38. The topological polar surface area (TPSA) is 98.8 Å². The molecule has 0 radical (unpaired) electrons. The number of rotatable bonds is 22. The number of hydrogen-bond donors (Lipinski definition) is 2. The number of aliphatic hydroxyl groups excluding tert-OH is 1. The van der Waals surface area contributed by atoms with Crippen molar-refractivity contribution in [2.45, 2.75) is 135 Å². The second kappa shape index (κ2) is 19.6. The van der Waals surface area contributed by atoms with Crippen LogP contribution in [0, 0.1) is 0 Å². The minimum absolute atomic E-state index is 0.0620. The quantitative estimate of drug-likeness (QED) is 0.0836. The summed E-state index contributed by atoms with van der Waals surface area (Å²) in [7, 11) is 0. The van der Waals surface area contributed by atoms with E-state index in [1.54, 1.807) is 13.8 Å². The Morgan fingerprint density at radius 3 is 2.03 bits per heavy atom. The molecular weight excluding hydrogens is 430 g/mol. The summed E-state index contributed by atoms with van der Waals surface area (Å²) >= 11 is 0. The fourth-order valence-corrected chi connectivity index (χ4v) is 3.98. The van der Waals surface area contributed by atoms with Crippen LogP contribution < -0.4 is 5.73 Å². The Bertz CT molecular complexity index is 602. The summed E-state index contributed by atoms with van der Waals surface area (Å²) in [5.74, 6) is -1.24. The average Bonchev–Trinajstić information content (AvgIpc) is 2.78. The van der Waals surface area contributed by atoms with Crippen LogP contribution in [0.5, 0.6) is 0 Å². The summed E-state index contributed by atoms with van der Waals surface area (Å²) in [6.07, 6.45) is 17.1. The van der Waals surface area contributed by atoms with E-state index in [1.807, 2.05) is 6.92 Å². The number of hydrogen-bond acceptors (Lipinski definition) is 5. The summed E-state index contributed by atoms with van der Waals surface area (Å²) in [5.41, 5.74) is 4.56. The van der Waals surface area contributed by atoms with E-state index in [0.29, 0.717) is 19.3 Å². The zero-order valence-corrected chi connectivity index (χ0v) is 22.3. The molecule has 0 bridgehead atoms. The monoisotopic (exact) mass is 481 g/mol. The first kappa shape index (κ1) is 32.3. The first-order valence-electron chi connectivity index (χ1n) is 13.3. The van der Waals surface area contributed by atoms with Crippen molar-refractivity contribution in [3.63, 3.8) is 0 Å². The zero-order valence-electron chi connectivity index (χ0n) is 22.3. The Labute approximate surface area is 208 Å². The van der Waals surface area contributed by atoms with Crippen LogP contribution in [-0.2, 0) is 19.1 Å². The van der Waals surface area contributed by atoms with E-state index in [-0.39, 0.29) is 12.2 Å². The van der Waals surface area contributed by atoms with Crippen molar-refractivity contribution in [1.29, 1.82) is 0 Å². The molecule has 34 heavy (non-hydrogen) atoms. The Kier molecular flexibility index (Phi) is 18.7. The number of carbonyl (C=O) groups is 2. The lowest BCUT2D eigenvalue weighted by atomic mass is 9.86. The molecule has 0 aromatic heterocycles. The molecule has 0 aromatic carbocycles. The largest absolute Gasteiger partial charge is 0.455 e. The van der Waals surface area contributed by atoms with Gasteiger partial charge in [-0.25, -0.2) is 4.79 Å². The predicted octanol–water partition coefficient (Wildman–Crippen LogP) is 6.15. The van der Waals surface area contributed by atoms with Gasteiger partial charge >= 0.3 is 5.97 Å². The highest BCUT2D eigenvalue weighted by molar-refractivity contribution is 5.89. The van der Waals surface area contributed by atoms with E-state index in [2.05, 4.69) is 25.7 Å². The van der Waals surface area contributed by atoms with Crippen LogP contribution >= 0.6 is 0 Å². The number of nitrogens with two attached hydrogens (primary N) is 1. The molecule has 6 nitrogen and oxygen atoms in total. The number of primary amides is 1. The van der Waals surface area contributed by atoms with E-state index in [9.17, 15) is 14.7 Å². The molecule has 6 heteroatoms. The smallest absolute Gasteiger partial charge is 0.333 e. The highest BCUT2D eigenvalue weighted by Gasteiger charge is 2.47. The minimum Gasteiger partial charge on any atom is -0.455 e. The summed E-state index contributed by atoms with van der Waals surface area (Å²) in [6, 6.07) is 0. The number of amides is 1.